The van der Waals surface area contributed by atoms with Crippen LogP contribution in [0.25, 0.3) is 0 Å². The third kappa shape index (κ3) is 4.38. The summed E-state index contributed by atoms with van der Waals surface area (Å²) in [5.74, 6) is 0.722. The molecule has 7 heteroatoms. The van der Waals surface area contributed by atoms with Crippen molar-refractivity contribution in [3.8, 4) is 0 Å². The van der Waals surface area contributed by atoms with Gasteiger partial charge >= 0.3 is 0 Å². The third-order valence-corrected chi connectivity index (χ3v) is 5.88. The van der Waals surface area contributed by atoms with Gasteiger partial charge in [0.1, 0.15) is 13.5 Å². The highest BCUT2D eigenvalue weighted by molar-refractivity contribution is 5.93. The van der Waals surface area contributed by atoms with Gasteiger partial charge < -0.3 is 24.2 Å². The molecular weight excluding hydrogens is 360 g/mol. The highest BCUT2D eigenvalue weighted by Crippen LogP contribution is 2.38. The second kappa shape index (κ2) is 9.31. The molecule has 28 heavy (non-hydrogen) atoms. The summed E-state index contributed by atoms with van der Waals surface area (Å²) >= 11 is 0. The Morgan fingerprint density at radius 2 is 2.11 bits per heavy atom. The molecule has 1 aliphatic heterocycles. The SMILES string of the molecule is COCO[C@@]1(Cc2cc(CCCC3CC3)c(C)cn2)C(=O)N(COC)[C@H]1CO. The monoisotopic (exact) mass is 392 g/mol. The van der Waals surface area contributed by atoms with Crippen molar-refractivity contribution in [1.82, 2.24) is 9.88 Å². The molecule has 3 rings (SSSR count). The van der Waals surface area contributed by atoms with Crippen LogP contribution in [-0.4, -0.2) is 66.9 Å². The van der Waals surface area contributed by atoms with Gasteiger partial charge in [0.15, 0.2) is 5.60 Å². The molecule has 7 nitrogen and oxygen atoms in total. The number of β-lactam (4-membered cyclic amide) rings is 1. The summed E-state index contributed by atoms with van der Waals surface area (Å²) in [4.78, 5) is 18.9. The molecular formula is C21H32N2O5. The summed E-state index contributed by atoms with van der Waals surface area (Å²) in [6, 6.07) is 1.59. The van der Waals surface area contributed by atoms with Crippen molar-refractivity contribution in [3.63, 3.8) is 0 Å². The van der Waals surface area contributed by atoms with E-state index in [9.17, 15) is 9.90 Å². The number of ether oxygens (including phenoxy) is 3. The number of methoxy groups -OCH3 is 2. The Bertz CT molecular complexity index is 679. The number of carbonyl (C=O) groups excluding carboxylic acids is 1. The zero-order valence-electron chi connectivity index (χ0n) is 17.1. The van der Waals surface area contributed by atoms with Crippen LogP contribution in [0.5, 0.6) is 0 Å². The van der Waals surface area contributed by atoms with E-state index in [0.717, 1.165) is 18.0 Å². The fourth-order valence-corrected chi connectivity index (χ4v) is 4.05. The number of carbonyl (C=O) groups is 1. The molecule has 1 N–H and O–H groups in total. The van der Waals surface area contributed by atoms with Crippen LogP contribution in [0.3, 0.4) is 0 Å². The Labute approximate surface area is 167 Å². The molecule has 2 atom stereocenters. The number of hydrogen-bond acceptors (Lipinski definition) is 6. The van der Waals surface area contributed by atoms with Crippen molar-refractivity contribution in [2.45, 2.75) is 57.1 Å². The molecule has 2 aliphatic rings. The number of rotatable bonds is 12. The summed E-state index contributed by atoms with van der Waals surface area (Å²) in [6.45, 7) is 1.96. The van der Waals surface area contributed by atoms with Gasteiger partial charge in [-0.2, -0.15) is 0 Å². The summed E-state index contributed by atoms with van der Waals surface area (Å²) < 4.78 is 16.0. The quantitative estimate of drug-likeness (QED) is 0.432. The lowest BCUT2D eigenvalue weighted by Crippen LogP contribution is -2.77. The van der Waals surface area contributed by atoms with Gasteiger partial charge in [-0.25, -0.2) is 0 Å². The molecule has 1 aliphatic carbocycles. The maximum Gasteiger partial charge on any atom is 0.259 e. The first-order valence-corrected chi connectivity index (χ1v) is 10.0. The maximum atomic E-state index is 12.9. The zero-order valence-corrected chi connectivity index (χ0v) is 17.1. The van der Waals surface area contributed by atoms with Gasteiger partial charge in [-0.05, 0) is 42.9 Å². The van der Waals surface area contributed by atoms with E-state index < -0.39 is 11.6 Å². The fraction of sp³-hybridized carbons (Fsp3) is 0.714. The molecule has 1 saturated carbocycles. The van der Waals surface area contributed by atoms with Gasteiger partial charge in [0.25, 0.3) is 5.91 Å². The molecule has 0 bridgehead atoms. The smallest absolute Gasteiger partial charge is 0.259 e. The van der Waals surface area contributed by atoms with Gasteiger partial charge in [-0.1, -0.05) is 19.3 Å². The molecule has 156 valence electrons. The van der Waals surface area contributed by atoms with Crippen molar-refractivity contribution in [2.24, 2.45) is 5.92 Å². The molecule has 0 spiro atoms. The van der Waals surface area contributed by atoms with E-state index in [4.69, 9.17) is 14.2 Å². The molecule has 0 radical (unpaired) electrons. The molecule has 0 aromatic carbocycles. The van der Waals surface area contributed by atoms with Gasteiger partial charge in [0.2, 0.25) is 0 Å². The van der Waals surface area contributed by atoms with E-state index in [1.54, 1.807) is 0 Å². The number of aliphatic hydroxyl groups is 1. The molecule has 1 amide bonds. The first-order valence-electron chi connectivity index (χ1n) is 10.0. The van der Waals surface area contributed by atoms with Gasteiger partial charge in [-0.3, -0.25) is 9.78 Å². The number of likely N-dealkylation sites (tertiary alicyclic amines) is 1. The van der Waals surface area contributed by atoms with Crippen molar-refractivity contribution in [3.05, 3.63) is 29.1 Å². The number of aryl methyl sites for hydroxylation is 2. The van der Waals surface area contributed by atoms with Crippen molar-refractivity contribution < 1.29 is 24.1 Å². The summed E-state index contributed by atoms with van der Waals surface area (Å²) in [6.07, 6.45) is 8.42. The van der Waals surface area contributed by atoms with E-state index in [1.807, 2.05) is 6.20 Å². The van der Waals surface area contributed by atoms with Crippen LogP contribution in [0.1, 0.15) is 42.5 Å². The minimum absolute atomic E-state index is 0.0246. The largest absolute Gasteiger partial charge is 0.394 e. The Balaban J connectivity index is 1.75. The van der Waals surface area contributed by atoms with Crippen LogP contribution < -0.4 is 0 Å². The number of hydrogen-bond donors (Lipinski definition) is 1. The average molecular weight is 392 g/mol. The van der Waals surface area contributed by atoms with Gasteiger partial charge in [0.05, 0.1) is 12.6 Å². The van der Waals surface area contributed by atoms with Gasteiger partial charge in [-0.15, -0.1) is 0 Å². The topological polar surface area (TPSA) is 81.1 Å². The van der Waals surface area contributed by atoms with E-state index in [1.165, 1.54) is 55.9 Å². The predicted molar refractivity (Wildman–Crippen MR) is 104 cm³/mol. The summed E-state index contributed by atoms with van der Waals surface area (Å²) in [7, 11) is 3.03. The molecule has 2 fully saturated rings. The number of nitrogens with zero attached hydrogens (tertiary/aromatic N) is 2. The first-order chi connectivity index (χ1) is 13.6. The minimum atomic E-state index is -1.17. The molecule has 1 aromatic heterocycles. The van der Waals surface area contributed by atoms with E-state index in [-0.39, 0.29) is 26.0 Å². The van der Waals surface area contributed by atoms with Gasteiger partial charge in [0, 0.05) is 32.5 Å². The lowest BCUT2D eigenvalue weighted by atomic mass is 9.78. The van der Waals surface area contributed by atoms with Crippen molar-refractivity contribution in [2.75, 3.05) is 34.4 Å². The fourth-order valence-electron chi connectivity index (χ4n) is 4.05. The number of aliphatic hydroxyl groups excluding tert-OH is 1. The Kier molecular flexibility index (Phi) is 7.04. The van der Waals surface area contributed by atoms with Crippen molar-refractivity contribution in [1.29, 1.82) is 0 Å². The molecule has 2 heterocycles. The van der Waals surface area contributed by atoms with Crippen LogP contribution in [0.15, 0.2) is 12.3 Å². The zero-order chi connectivity index (χ0) is 20.1. The van der Waals surface area contributed by atoms with Crippen LogP contribution in [-0.2, 0) is 31.8 Å². The Morgan fingerprint density at radius 3 is 2.75 bits per heavy atom. The summed E-state index contributed by atoms with van der Waals surface area (Å²) in [5.41, 5.74) is 2.07. The van der Waals surface area contributed by atoms with Crippen molar-refractivity contribution >= 4 is 5.91 Å². The lowest BCUT2D eigenvalue weighted by Gasteiger charge is -2.54. The molecule has 1 saturated heterocycles. The second-order valence-corrected chi connectivity index (χ2v) is 7.95. The van der Waals surface area contributed by atoms with Crippen LogP contribution in [0.4, 0.5) is 0 Å². The minimum Gasteiger partial charge on any atom is -0.394 e. The molecule has 1 aromatic rings. The maximum absolute atomic E-state index is 12.9. The highest BCUT2D eigenvalue weighted by atomic mass is 16.7. The molecule has 0 unspecified atom stereocenters. The number of amides is 1. The lowest BCUT2D eigenvalue weighted by molar-refractivity contribution is -0.237. The Hall–Kier alpha value is -1.54. The average Bonchev–Trinajstić information content (AvgIpc) is 3.51. The van der Waals surface area contributed by atoms with Crippen LogP contribution >= 0.6 is 0 Å². The Morgan fingerprint density at radius 1 is 1.32 bits per heavy atom. The van der Waals surface area contributed by atoms with Crippen LogP contribution in [0, 0.1) is 12.8 Å². The normalized spacial score (nSPS) is 24.5. The highest BCUT2D eigenvalue weighted by Gasteiger charge is 2.62. The van der Waals surface area contributed by atoms with Crippen LogP contribution in [0.2, 0.25) is 0 Å². The summed E-state index contributed by atoms with van der Waals surface area (Å²) in [5, 5.41) is 9.90. The van der Waals surface area contributed by atoms with E-state index >= 15 is 0 Å². The number of pyridine rings is 1. The predicted octanol–water partition coefficient (Wildman–Crippen LogP) is 1.83. The third-order valence-electron chi connectivity index (χ3n) is 5.88. The second-order valence-electron chi connectivity index (χ2n) is 7.95. The number of aromatic nitrogens is 1. The van der Waals surface area contributed by atoms with E-state index in [2.05, 4.69) is 18.0 Å². The van der Waals surface area contributed by atoms with E-state index in [0.29, 0.717) is 6.42 Å². The standard InChI is InChI=1S/C21H32N2O5/c1-15-11-22-18(9-17(15)6-4-5-16-7-8-16)10-21(28-14-27-3)19(12-24)23(13-26-2)20(21)25/h9,11,16,19,24H,4-8,10,12-14H2,1-3H3/t19-,21+/m0/s1. The first kappa shape index (κ1) is 21.2.